The third-order valence-electron chi connectivity index (χ3n) is 3.03. The first-order chi connectivity index (χ1) is 9.34. The fourth-order valence-electron chi connectivity index (χ4n) is 1.93. The molecule has 1 atom stereocenters. The normalized spacial score (nSPS) is 17.7. The van der Waals surface area contributed by atoms with Crippen molar-refractivity contribution in [3.8, 4) is 0 Å². The molecule has 4 heteroatoms. The van der Waals surface area contributed by atoms with Gasteiger partial charge in [0.15, 0.2) is 12.0 Å². The Morgan fingerprint density at radius 1 is 1.00 bits per heavy atom. The van der Waals surface area contributed by atoms with E-state index in [2.05, 4.69) is 29.1 Å². The van der Waals surface area contributed by atoms with E-state index in [-0.39, 0.29) is 5.50 Å². The lowest BCUT2D eigenvalue weighted by atomic mass is 10.2. The summed E-state index contributed by atoms with van der Waals surface area (Å²) in [5.41, 5.74) is 2.31. The van der Waals surface area contributed by atoms with Gasteiger partial charge >= 0.3 is 11.4 Å². The van der Waals surface area contributed by atoms with Crippen LogP contribution in [0.4, 0.5) is 5.69 Å². The molecule has 0 saturated heterocycles. The van der Waals surface area contributed by atoms with E-state index in [0.717, 1.165) is 17.1 Å². The van der Waals surface area contributed by atoms with Crippen LogP contribution < -0.4 is 9.89 Å². The van der Waals surface area contributed by atoms with Crippen molar-refractivity contribution in [2.75, 3.05) is 11.9 Å². The van der Waals surface area contributed by atoms with Crippen LogP contribution in [0.5, 0.6) is 0 Å². The lowest BCUT2D eigenvalue weighted by Crippen LogP contribution is -2.80. The number of anilines is 1. The van der Waals surface area contributed by atoms with Crippen molar-refractivity contribution in [3.63, 3.8) is 0 Å². The molecule has 0 aromatic heterocycles. The van der Waals surface area contributed by atoms with Crippen LogP contribution in [-0.4, -0.2) is 18.4 Å². The molecule has 2 aromatic carbocycles. The number of rotatable bonds is 3. The largest absolute Gasteiger partial charge is 0.383 e. The molecule has 0 radical (unpaired) electrons. The zero-order valence-corrected chi connectivity index (χ0v) is 11.4. The zero-order chi connectivity index (χ0) is 13.1. The molecular weight excluding hydrogens is 256 g/mol. The molecule has 0 saturated carbocycles. The van der Waals surface area contributed by atoms with Crippen molar-refractivity contribution < 1.29 is 9.18 Å². The standard InChI is InChI=1S/C15H14N2OS/c1-17(13-10-6-3-7-11-13)15-16-14(18-19-15)12-8-4-2-5-9-12/h2-11,15H,1H3/p+1. The summed E-state index contributed by atoms with van der Waals surface area (Å²) in [6, 6.07) is 20.3. The van der Waals surface area contributed by atoms with Crippen molar-refractivity contribution in [3.05, 3.63) is 66.2 Å². The minimum absolute atomic E-state index is 0.0811. The summed E-state index contributed by atoms with van der Waals surface area (Å²) < 4.78 is 5.67. The van der Waals surface area contributed by atoms with Crippen LogP contribution in [0, 0.1) is 0 Å². The van der Waals surface area contributed by atoms with Crippen molar-refractivity contribution >= 4 is 23.6 Å². The quantitative estimate of drug-likeness (QED) is 0.859. The van der Waals surface area contributed by atoms with E-state index in [1.807, 2.05) is 48.5 Å². The summed E-state index contributed by atoms with van der Waals surface area (Å²) in [5, 5.41) is 0. The maximum absolute atomic E-state index is 5.67. The number of hydrogen-bond acceptors (Lipinski definition) is 3. The summed E-state index contributed by atoms with van der Waals surface area (Å²) in [6.07, 6.45) is 0. The Kier molecular flexibility index (Phi) is 3.42. The highest BCUT2D eigenvalue weighted by Gasteiger charge is 2.32. The second kappa shape index (κ2) is 5.36. The number of para-hydroxylation sites is 1. The molecule has 2 aromatic rings. The first-order valence-electron chi connectivity index (χ1n) is 6.15. The van der Waals surface area contributed by atoms with Crippen LogP contribution in [0.2, 0.25) is 0 Å². The minimum atomic E-state index is 0.0811. The monoisotopic (exact) mass is 271 g/mol. The van der Waals surface area contributed by atoms with Gasteiger partial charge in [0.1, 0.15) is 0 Å². The van der Waals surface area contributed by atoms with Crippen LogP contribution in [0.25, 0.3) is 0 Å². The molecule has 0 bridgehead atoms. The van der Waals surface area contributed by atoms with E-state index in [0.29, 0.717) is 0 Å². The molecule has 1 N–H and O–H groups in total. The van der Waals surface area contributed by atoms with Gasteiger partial charge in [0.25, 0.3) is 0 Å². The number of hydrogen-bond donors (Lipinski definition) is 1. The summed E-state index contributed by atoms with van der Waals surface area (Å²) in [5.74, 6) is 0.818. The van der Waals surface area contributed by atoms with E-state index >= 15 is 0 Å². The van der Waals surface area contributed by atoms with E-state index in [9.17, 15) is 0 Å². The van der Waals surface area contributed by atoms with E-state index in [1.165, 1.54) is 12.0 Å². The Bertz CT molecular complexity index is 571. The minimum Gasteiger partial charge on any atom is -0.361 e. The van der Waals surface area contributed by atoms with Crippen LogP contribution in [0.15, 0.2) is 60.7 Å². The molecular formula is C15H15N2OS+. The first-order valence-corrected chi connectivity index (χ1v) is 6.95. The molecule has 1 unspecified atom stereocenters. The molecule has 96 valence electrons. The SMILES string of the molecule is CN(c1ccccc1)C1[NH+]=C(c2ccccc2)OS1. The molecule has 0 fully saturated rings. The zero-order valence-electron chi connectivity index (χ0n) is 10.6. The highest BCUT2D eigenvalue weighted by atomic mass is 32.2. The van der Waals surface area contributed by atoms with Gasteiger partial charge in [0.2, 0.25) is 0 Å². The maximum Gasteiger partial charge on any atom is 0.383 e. The number of nitrogens with zero attached hydrogens (tertiary/aromatic N) is 1. The summed E-state index contributed by atoms with van der Waals surface area (Å²) >= 11 is 1.43. The van der Waals surface area contributed by atoms with Gasteiger partial charge in [-0.25, -0.2) is 0 Å². The van der Waals surface area contributed by atoms with Crippen molar-refractivity contribution in [1.29, 1.82) is 0 Å². The fraction of sp³-hybridized carbons (Fsp3) is 0.133. The molecule has 0 amide bonds. The highest BCUT2D eigenvalue weighted by molar-refractivity contribution is 7.95. The molecule has 1 aliphatic heterocycles. The molecule has 1 heterocycles. The Morgan fingerprint density at radius 3 is 2.32 bits per heavy atom. The van der Waals surface area contributed by atoms with Crippen molar-refractivity contribution in [2.24, 2.45) is 0 Å². The molecule has 3 nitrogen and oxygen atoms in total. The van der Waals surface area contributed by atoms with Gasteiger partial charge in [-0.15, -0.1) is 0 Å². The predicted molar refractivity (Wildman–Crippen MR) is 78.8 cm³/mol. The predicted octanol–water partition coefficient (Wildman–Crippen LogP) is 1.61. The van der Waals surface area contributed by atoms with Crippen molar-refractivity contribution in [1.82, 2.24) is 0 Å². The maximum atomic E-state index is 5.67. The Balaban J connectivity index is 1.80. The van der Waals surface area contributed by atoms with Gasteiger partial charge in [-0.2, -0.15) is 4.99 Å². The molecule has 3 rings (SSSR count). The van der Waals surface area contributed by atoms with Gasteiger partial charge in [0.05, 0.1) is 5.56 Å². The molecule has 1 aliphatic rings. The van der Waals surface area contributed by atoms with Gasteiger partial charge in [0, 0.05) is 12.7 Å². The average Bonchev–Trinajstić information content (AvgIpc) is 2.98. The smallest absolute Gasteiger partial charge is 0.361 e. The summed E-state index contributed by atoms with van der Waals surface area (Å²) in [7, 11) is 2.05. The third kappa shape index (κ3) is 2.58. The van der Waals surface area contributed by atoms with Crippen molar-refractivity contribution in [2.45, 2.75) is 5.50 Å². The first kappa shape index (κ1) is 12.1. The van der Waals surface area contributed by atoms with Gasteiger partial charge in [-0.05, 0) is 24.3 Å². The Labute approximate surface area is 117 Å². The second-order valence-corrected chi connectivity index (χ2v) is 5.12. The second-order valence-electron chi connectivity index (χ2n) is 4.32. The highest BCUT2D eigenvalue weighted by Crippen LogP contribution is 2.21. The molecule has 0 aliphatic carbocycles. The van der Waals surface area contributed by atoms with Crippen LogP contribution in [-0.2, 0) is 4.18 Å². The molecule has 19 heavy (non-hydrogen) atoms. The van der Waals surface area contributed by atoms with Crippen LogP contribution >= 0.6 is 12.0 Å². The van der Waals surface area contributed by atoms with E-state index in [1.54, 1.807) is 0 Å². The number of nitrogens with one attached hydrogen (secondary N) is 1. The lowest BCUT2D eigenvalue weighted by Gasteiger charge is -2.17. The van der Waals surface area contributed by atoms with Crippen LogP contribution in [0.3, 0.4) is 0 Å². The van der Waals surface area contributed by atoms with Crippen LogP contribution in [0.1, 0.15) is 5.56 Å². The lowest BCUT2D eigenvalue weighted by molar-refractivity contribution is -0.471. The van der Waals surface area contributed by atoms with E-state index in [4.69, 9.17) is 4.18 Å². The number of benzene rings is 2. The van der Waals surface area contributed by atoms with Gasteiger partial charge < -0.3 is 9.08 Å². The Hall–Kier alpha value is -1.94. The Morgan fingerprint density at radius 2 is 1.63 bits per heavy atom. The summed E-state index contributed by atoms with van der Waals surface area (Å²) in [4.78, 5) is 5.54. The van der Waals surface area contributed by atoms with Gasteiger partial charge in [-0.1, -0.05) is 36.4 Å². The topological polar surface area (TPSA) is 26.4 Å². The van der Waals surface area contributed by atoms with Gasteiger partial charge in [-0.3, -0.25) is 0 Å². The fourth-order valence-corrected chi connectivity index (χ4v) is 2.67. The van der Waals surface area contributed by atoms with E-state index < -0.39 is 0 Å². The summed E-state index contributed by atoms with van der Waals surface area (Å²) in [6.45, 7) is 0. The third-order valence-corrected chi connectivity index (χ3v) is 3.91. The average molecular weight is 271 g/mol. The molecule has 0 spiro atoms.